The maximum atomic E-state index is 13.3. The molecule has 3 aromatic rings. The SMILES string of the molecule is Cl.NCC1CCC(C(=O)NC(Cc2ccc([N+](=O)[O-])cc2)C(=O)Nc2ccc(C(=O)c3ccccc3)cc2)CC1. The molecule has 4 rings (SSSR count). The molecule has 40 heavy (non-hydrogen) atoms. The van der Waals surface area contributed by atoms with E-state index in [2.05, 4.69) is 10.6 Å². The Balaban J connectivity index is 0.00000441. The number of benzene rings is 3. The van der Waals surface area contributed by atoms with Gasteiger partial charge in [-0.15, -0.1) is 12.4 Å². The highest BCUT2D eigenvalue weighted by Gasteiger charge is 2.29. The zero-order valence-corrected chi connectivity index (χ0v) is 22.8. The molecule has 0 radical (unpaired) electrons. The van der Waals surface area contributed by atoms with E-state index >= 15 is 0 Å². The highest BCUT2D eigenvalue weighted by molar-refractivity contribution is 6.09. The third kappa shape index (κ3) is 7.97. The van der Waals surface area contributed by atoms with Crippen LogP contribution in [0.4, 0.5) is 11.4 Å². The van der Waals surface area contributed by atoms with E-state index in [1.165, 1.54) is 12.1 Å². The van der Waals surface area contributed by atoms with Crippen molar-refractivity contribution in [1.82, 2.24) is 5.32 Å². The first-order chi connectivity index (χ1) is 18.8. The van der Waals surface area contributed by atoms with Gasteiger partial charge >= 0.3 is 0 Å². The van der Waals surface area contributed by atoms with Crippen molar-refractivity contribution in [2.24, 2.45) is 17.6 Å². The quantitative estimate of drug-likeness (QED) is 0.185. The van der Waals surface area contributed by atoms with Gasteiger partial charge in [0.05, 0.1) is 4.92 Å². The molecule has 0 aromatic heterocycles. The number of ketones is 1. The van der Waals surface area contributed by atoms with E-state index in [0.717, 1.165) is 25.7 Å². The van der Waals surface area contributed by atoms with Crippen LogP contribution >= 0.6 is 12.4 Å². The fourth-order valence-corrected chi connectivity index (χ4v) is 4.84. The van der Waals surface area contributed by atoms with Gasteiger partial charge in [0.15, 0.2) is 5.78 Å². The number of amides is 2. The smallest absolute Gasteiger partial charge is 0.269 e. The first-order valence-corrected chi connectivity index (χ1v) is 13.1. The zero-order chi connectivity index (χ0) is 27.8. The monoisotopic (exact) mass is 564 g/mol. The summed E-state index contributed by atoms with van der Waals surface area (Å²) in [6.45, 7) is 0.606. The van der Waals surface area contributed by atoms with Crippen molar-refractivity contribution in [2.75, 3.05) is 11.9 Å². The molecule has 4 N–H and O–H groups in total. The van der Waals surface area contributed by atoms with Crippen LogP contribution in [0.5, 0.6) is 0 Å². The number of nitro benzene ring substituents is 1. The van der Waals surface area contributed by atoms with Gasteiger partial charge in [-0.25, -0.2) is 0 Å². The standard InChI is InChI=1S/C30H32N4O5.ClH/c31-19-21-6-10-24(11-7-21)29(36)33-27(18-20-8-16-26(17-9-20)34(38)39)30(37)32-25-14-12-23(13-15-25)28(35)22-4-2-1-3-5-22;/h1-5,8-9,12-17,21,24,27H,6-7,10-11,18-19,31H2,(H,32,37)(H,33,36);1H. The first-order valence-electron chi connectivity index (χ1n) is 13.1. The van der Waals surface area contributed by atoms with Crippen LogP contribution < -0.4 is 16.4 Å². The summed E-state index contributed by atoms with van der Waals surface area (Å²) in [6, 6.07) is 20.5. The molecule has 2 amide bonds. The molecule has 0 saturated heterocycles. The second kappa shape index (κ2) is 14.3. The van der Waals surface area contributed by atoms with Crippen LogP contribution in [0.3, 0.4) is 0 Å². The Bertz CT molecular complexity index is 1310. The number of nitrogens with two attached hydrogens (primary N) is 1. The summed E-state index contributed by atoms with van der Waals surface area (Å²) >= 11 is 0. The van der Waals surface area contributed by atoms with Crippen molar-refractivity contribution in [3.63, 3.8) is 0 Å². The van der Waals surface area contributed by atoms with Crippen LogP contribution in [-0.4, -0.2) is 35.1 Å². The molecule has 0 bridgehead atoms. The number of rotatable bonds is 10. The van der Waals surface area contributed by atoms with Crippen LogP contribution in [0, 0.1) is 22.0 Å². The van der Waals surface area contributed by atoms with Gasteiger partial charge in [-0.2, -0.15) is 0 Å². The summed E-state index contributed by atoms with van der Waals surface area (Å²) < 4.78 is 0. The first kappa shape index (κ1) is 30.5. The number of carbonyl (C=O) groups excluding carboxylic acids is 3. The number of nitrogens with zero attached hydrogens (tertiary/aromatic N) is 1. The number of nitro groups is 1. The average Bonchev–Trinajstić information content (AvgIpc) is 2.97. The zero-order valence-electron chi connectivity index (χ0n) is 22.0. The molecule has 3 aromatic carbocycles. The van der Waals surface area contributed by atoms with E-state index in [-0.39, 0.29) is 42.1 Å². The van der Waals surface area contributed by atoms with Gasteiger partial charge in [0.25, 0.3) is 5.69 Å². The number of hydrogen-bond acceptors (Lipinski definition) is 6. The van der Waals surface area contributed by atoms with Crippen LogP contribution in [0.1, 0.15) is 47.2 Å². The molecule has 10 heteroatoms. The highest BCUT2D eigenvalue weighted by Crippen LogP contribution is 2.28. The fourth-order valence-electron chi connectivity index (χ4n) is 4.84. The van der Waals surface area contributed by atoms with E-state index in [4.69, 9.17) is 5.73 Å². The van der Waals surface area contributed by atoms with Gasteiger partial charge in [-0.05, 0) is 68.0 Å². The van der Waals surface area contributed by atoms with E-state index in [0.29, 0.717) is 34.8 Å². The lowest BCUT2D eigenvalue weighted by atomic mass is 9.81. The van der Waals surface area contributed by atoms with Crippen molar-refractivity contribution < 1.29 is 19.3 Å². The molecule has 1 fully saturated rings. The third-order valence-electron chi connectivity index (χ3n) is 7.22. The van der Waals surface area contributed by atoms with E-state index in [9.17, 15) is 24.5 Å². The van der Waals surface area contributed by atoms with Crippen LogP contribution in [0.2, 0.25) is 0 Å². The molecule has 0 aliphatic heterocycles. The summed E-state index contributed by atoms with van der Waals surface area (Å²) in [6.07, 6.45) is 3.36. The molecule has 0 spiro atoms. The molecule has 1 unspecified atom stereocenters. The Morgan fingerprint density at radius 3 is 2.05 bits per heavy atom. The second-order valence-corrected chi connectivity index (χ2v) is 9.90. The number of carbonyl (C=O) groups is 3. The lowest BCUT2D eigenvalue weighted by molar-refractivity contribution is -0.384. The molecule has 210 valence electrons. The van der Waals surface area contributed by atoms with E-state index in [1.54, 1.807) is 60.7 Å². The van der Waals surface area contributed by atoms with Gasteiger partial charge in [0.2, 0.25) is 11.8 Å². The van der Waals surface area contributed by atoms with Gasteiger partial charge < -0.3 is 16.4 Å². The lowest BCUT2D eigenvalue weighted by Crippen LogP contribution is -2.48. The van der Waals surface area contributed by atoms with Gasteiger partial charge in [0.1, 0.15) is 6.04 Å². The summed E-state index contributed by atoms with van der Waals surface area (Å²) in [5.74, 6) is -0.495. The fraction of sp³-hybridized carbons (Fsp3) is 0.300. The Morgan fingerprint density at radius 1 is 0.875 bits per heavy atom. The van der Waals surface area contributed by atoms with Crippen molar-refractivity contribution in [3.05, 3.63) is 106 Å². The minimum Gasteiger partial charge on any atom is -0.344 e. The third-order valence-corrected chi connectivity index (χ3v) is 7.22. The van der Waals surface area contributed by atoms with Gasteiger partial charge in [0, 0.05) is 41.3 Å². The van der Waals surface area contributed by atoms with Crippen LogP contribution in [0.25, 0.3) is 0 Å². The summed E-state index contributed by atoms with van der Waals surface area (Å²) in [4.78, 5) is 49.6. The largest absolute Gasteiger partial charge is 0.344 e. The topological polar surface area (TPSA) is 144 Å². The average molecular weight is 565 g/mol. The molecule has 1 saturated carbocycles. The Labute approximate surface area is 239 Å². The molecule has 1 aliphatic carbocycles. The molecule has 1 atom stereocenters. The number of hydrogen-bond donors (Lipinski definition) is 3. The maximum Gasteiger partial charge on any atom is 0.269 e. The molecular formula is C30H33ClN4O5. The highest BCUT2D eigenvalue weighted by atomic mass is 35.5. The summed E-state index contributed by atoms with van der Waals surface area (Å²) in [7, 11) is 0. The molecular weight excluding hydrogens is 532 g/mol. The van der Waals surface area contributed by atoms with Crippen molar-refractivity contribution in [2.45, 2.75) is 38.1 Å². The van der Waals surface area contributed by atoms with Gasteiger partial charge in [-0.1, -0.05) is 42.5 Å². The Morgan fingerprint density at radius 2 is 1.48 bits per heavy atom. The molecule has 1 aliphatic rings. The van der Waals surface area contributed by atoms with Crippen molar-refractivity contribution >= 4 is 41.4 Å². The molecule has 0 heterocycles. The van der Waals surface area contributed by atoms with Crippen LogP contribution in [-0.2, 0) is 16.0 Å². The normalized spacial score (nSPS) is 17.1. The lowest BCUT2D eigenvalue weighted by Gasteiger charge is -2.28. The Hall–Kier alpha value is -4.08. The number of halogens is 1. The maximum absolute atomic E-state index is 13.3. The second-order valence-electron chi connectivity index (χ2n) is 9.90. The minimum absolute atomic E-state index is 0. The number of nitrogens with one attached hydrogen (secondary N) is 2. The van der Waals surface area contributed by atoms with E-state index in [1.807, 2.05) is 6.07 Å². The summed E-state index contributed by atoms with van der Waals surface area (Å²) in [5.41, 5.74) is 7.94. The predicted molar refractivity (Wildman–Crippen MR) is 155 cm³/mol. The van der Waals surface area contributed by atoms with Crippen LogP contribution in [0.15, 0.2) is 78.9 Å². The van der Waals surface area contributed by atoms with E-state index < -0.39 is 16.9 Å². The Kier molecular flexibility index (Phi) is 10.9. The predicted octanol–water partition coefficient (Wildman–Crippen LogP) is 4.68. The van der Waals surface area contributed by atoms with Crippen molar-refractivity contribution in [3.8, 4) is 0 Å². The molecule has 9 nitrogen and oxygen atoms in total. The van der Waals surface area contributed by atoms with Gasteiger partial charge in [-0.3, -0.25) is 24.5 Å². The summed E-state index contributed by atoms with van der Waals surface area (Å²) in [5, 5.41) is 16.8. The number of anilines is 1. The van der Waals surface area contributed by atoms with Crippen molar-refractivity contribution in [1.29, 1.82) is 0 Å². The number of non-ortho nitro benzene ring substituents is 1. The minimum atomic E-state index is -0.892.